The molecular formula is C14H15N3O2. The van der Waals surface area contributed by atoms with E-state index in [0.717, 1.165) is 12.2 Å². The predicted octanol–water partition coefficient (Wildman–Crippen LogP) is 1.15. The van der Waals surface area contributed by atoms with E-state index in [1.165, 1.54) is 11.1 Å². The van der Waals surface area contributed by atoms with Crippen molar-refractivity contribution in [3.63, 3.8) is 0 Å². The first kappa shape index (κ1) is 11.1. The van der Waals surface area contributed by atoms with Crippen molar-refractivity contribution in [1.82, 2.24) is 15.5 Å². The summed E-state index contributed by atoms with van der Waals surface area (Å²) in [5.41, 5.74) is 2.67. The summed E-state index contributed by atoms with van der Waals surface area (Å²) >= 11 is 0. The van der Waals surface area contributed by atoms with Crippen molar-refractivity contribution >= 4 is 0 Å². The lowest BCUT2D eigenvalue weighted by Crippen LogP contribution is -2.19. The van der Waals surface area contributed by atoms with Crippen LogP contribution in [-0.2, 0) is 6.42 Å². The van der Waals surface area contributed by atoms with Crippen molar-refractivity contribution in [2.45, 2.75) is 30.9 Å². The first-order chi connectivity index (χ1) is 9.31. The van der Waals surface area contributed by atoms with E-state index < -0.39 is 0 Å². The summed E-state index contributed by atoms with van der Waals surface area (Å²) in [5.74, 6) is 1.62. The quantitative estimate of drug-likeness (QED) is 0.844. The molecule has 1 aliphatic carbocycles. The van der Waals surface area contributed by atoms with Crippen LogP contribution in [-0.4, -0.2) is 27.9 Å². The van der Waals surface area contributed by atoms with Crippen LogP contribution in [0.4, 0.5) is 0 Å². The van der Waals surface area contributed by atoms with Gasteiger partial charge in [-0.05, 0) is 24.0 Å². The fourth-order valence-electron chi connectivity index (χ4n) is 2.92. The SMILES string of the molecule is OC1CNC(c2nc(C3Cc4ccccc43)no2)C1. The minimum Gasteiger partial charge on any atom is -0.392 e. The average molecular weight is 257 g/mol. The standard InChI is InChI=1S/C14H15N3O2/c18-9-6-12(15-7-9)14-16-13(17-19-14)11-5-8-3-1-2-4-10(8)11/h1-4,9,11-12,15,18H,5-7H2. The number of aliphatic hydroxyl groups excluding tert-OH is 1. The molecule has 0 bridgehead atoms. The van der Waals surface area contributed by atoms with E-state index in [4.69, 9.17) is 4.52 Å². The first-order valence-electron chi connectivity index (χ1n) is 6.64. The molecule has 2 N–H and O–H groups in total. The maximum Gasteiger partial charge on any atom is 0.243 e. The van der Waals surface area contributed by atoms with Crippen molar-refractivity contribution in [2.24, 2.45) is 0 Å². The van der Waals surface area contributed by atoms with Crippen molar-refractivity contribution in [1.29, 1.82) is 0 Å². The highest BCUT2D eigenvalue weighted by Crippen LogP contribution is 2.38. The molecule has 1 aromatic heterocycles. The first-order valence-corrected chi connectivity index (χ1v) is 6.64. The second kappa shape index (κ2) is 4.15. The Labute approximate surface area is 110 Å². The summed E-state index contributed by atoms with van der Waals surface area (Å²) < 4.78 is 5.33. The average Bonchev–Trinajstić information content (AvgIpc) is 3.00. The molecule has 0 saturated carbocycles. The number of fused-ring (bicyclic) bond motifs is 1. The zero-order valence-electron chi connectivity index (χ0n) is 10.4. The normalized spacial score (nSPS) is 29.0. The van der Waals surface area contributed by atoms with Crippen LogP contribution in [0.2, 0.25) is 0 Å². The molecule has 1 saturated heterocycles. The van der Waals surface area contributed by atoms with Crippen molar-refractivity contribution in [2.75, 3.05) is 6.54 Å². The second-order valence-electron chi connectivity index (χ2n) is 5.30. The van der Waals surface area contributed by atoms with Crippen molar-refractivity contribution < 1.29 is 9.63 Å². The molecular weight excluding hydrogens is 242 g/mol. The van der Waals surface area contributed by atoms with Gasteiger partial charge in [0.05, 0.1) is 18.1 Å². The van der Waals surface area contributed by atoms with E-state index in [1.54, 1.807) is 0 Å². The third-order valence-electron chi connectivity index (χ3n) is 4.03. The van der Waals surface area contributed by atoms with Gasteiger partial charge in [0.15, 0.2) is 5.82 Å². The molecule has 0 amide bonds. The number of nitrogens with zero attached hydrogens (tertiary/aromatic N) is 2. The summed E-state index contributed by atoms with van der Waals surface area (Å²) in [4.78, 5) is 4.50. The van der Waals surface area contributed by atoms with Crippen LogP contribution in [0.1, 0.15) is 41.2 Å². The van der Waals surface area contributed by atoms with Crippen LogP contribution in [0.15, 0.2) is 28.8 Å². The monoisotopic (exact) mass is 257 g/mol. The topological polar surface area (TPSA) is 71.2 Å². The largest absolute Gasteiger partial charge is 0.392 e. The fraction of sp³-hybridized carbons (Fsp3) is 0.429. The molecule has 5 heteroatoms. The Kier molecular flexibility index (Phi) is 2.43. The van der Waals surface area contributed by atoms with Crippen LogP contribution in [0.5, 0.6) is 0 Å². The van der Waals surface area contributed by atoms with Crippen molar-refractivity contribution in [3.8, 4) is 0 Å². The molecule has 2 heterocycles. The van der Waals surface area contributed by atoms with Gasteiger partial charge < -0.3 is 14.9 Å². The zero-order chi connectivity index (χ0) is 12.8. The molecule has 2 aromatic rings. The molecule has 0 spiro atoms. The fourth-order valence-corrected chi connectivity index (χ4v) is 2.92. The van der Waals surface area contributed by atoms with Gasteiger partial charge in [-0.3, -0.25) is 0 Å². The molecule has 4 rings (SSSR count). The molecule has 3 atom stereocenters. The maximum absolute atomic E-state index is 9.51. The minimum atomic E-state index is -0.315. The molecule has 5 nitrogen and oxygen atoms in total. The number of hydrogen-bond donors (Lipinski definition) is 2. The van der Waals surface area contributed by atoms with E-state index >= 15 is 0 Å². The lowest BCUT2D eigenvalue weighted by atomic mass is 9.77. The lowest BCUT2D eigenvalue weighted by molar-refractivity contribution is 0.191. The highest BCUT2D eigenvalue weighted by molar-refractivity contribution is 5.43. The van der Waals surface area contributed by atoms with Gasteiger partial charge in [0.1, 0.15) is 0 Å². The molecule has 2 aliphatic rings. The summed E-state index contributed by atoms with van der Waals surface area (Å²) in [5, 5.41) is 16.8. The predicted molar refractivity (Wildman–Crippen MR) is 67.7 cm³/mol. The Balaban J connectivity index is 1.57. The van der Waals surface area contributed by atoms with Gasteiger partial charge in [-0.15, -0.1) is 0 Å². The van der Waals surface area contributed by atoms with Gasteiger partial charge >= 0.3 is 0 Å². The van der Waals surface area contributed by atoms with E-state index in [0.29, 0.717) is 18.9 Å². The van der Waals surface area contributed by atoms with Crippen LogP contribution < -0.4 is 5.32 Å². The number of aromatic nitrogens is 2. The van der Waals surface area contributed by atoms with Crippen LogP contribution in [0.25, 0.3) is 0 Å². The highest BCUT2D eigenvalue weighted by atomic mass is 16.5. The van der Waals surface area contributed by atoms with Gasteiger partial charge in [-0.25, -0.2) is 0 Å². The maximum atomic E-state index is 9.51. The number of benzene rings is 1. The van der Waals surface area contributed by atoms with Gasteiger partial charge in [0, 0.05) is 6.54 Å². The number of aliphatic hydroxyl groups is 1. The Morgan fingerprint density at radius 1 is 1.32 bits per heavy atom. The van der Waals surface area contributed by atoms with E-state index in [-0.39, 0.29) is 18.1 Å². The van der Waals surface area contributed by atoms with Crippen LogP contribution in [0.3, 0.4) is 0 Å². The summed E-state index contributed by atoms with van der Waals surface area (Å²) in [7, 11) is 0. The Morgan fingerprint density at radius 2 is 2.21 bits per heavy atom. The Morgan fingerprint density at radius 3 is 3.00 bits per heavy atom. The number of hydrogen-bond acceptors (Lipinski definition) is 5. The molecule has 1 aromatic carbocycles. The Bertz CT molecular complexity index is 610. The van der Waals surface area contributed by atoms with Crippen LogP contribution >= 0.6 is 0 Å². The molecule has 0 radical (unpaired) electrons. The van der Waals surface area contributed by atoms with E-state index in [9.17, 15) is 5.11 Å². The van der Waals surface area contributed by atoms with Gasteiger partial charge in [-0.2, -0.15) is 4.98 Å². The lowest BCUT2D eigenvalue weighted by Gasteiger charge is -2.27. The van der Waals surface area contributed by atoms with Crippen LogP contribution in [0, 0.1) is 0 Å². The number of rotatable bonds is 2. The third-order valence-corrected chi connectivity index (χ3v) is 4.03. The third kappa shape index (κ3) is 1.77. The molecule has 1 fully saturated rings. The van der Waals surface area contributed by atoms with E-state index in [2.05, 4.69) is 33.7 Å². The molecule has 3 unspecified atom stereocenters. The summed E-state index contributed by atoms with van der Waals surface area (Å²) in [6.07, 6.45) is 1.31. The van der Waals surface area contributed by atoms with Gasteiger partial charge in [0.2, 0.25) is 5.89 Å². The minimum absolute atomic E-state index is 0.00781. The number of nitrogens with one attached hydrogen (secondary N) is 1. The molecule has 19 heavy (non-hydrogen) atoms. The van der Waals surface area contributed by atoms with Gasteiger partial charge in [-0.1, -0.05) is 29.4 Å². The molecule has 1 aliphatic heterocycles. The smallest absolute Gasteiger partial charge is 0.243 e. The zero-order valence-corrected chi connectivity index (χ0v) is 10.4. The summed E-state index contributed by atoms with van der Waals surface area (Å²) in [6.45, 7) is 0.592. The summed E-state index contributed by atoms with van der Waals surface area (Å²) in [6, 6.07) is 8.35. The van der Waals surface area contributed by atoms with Gasteiger partial charge in [0.25, 0.3) is 0 Å². The molecule has 98 valence electrons. The highest BCUT2D eigenvalue weighted by Gasteiger charge is 2.33. The number of β-amino-alcohol motifs (C(OH)–C–C–N with tert-alkyl or cyclic N) is 1. The Hall–Kier alpha value is -1.72. The van der Waals surface area contributed by atoms with E-state index in [1.807, 2.05) is 6.07 Å². The second-order valence-corrected chi connectivity index (χ2v) is 5.30. The van der Waals surface area contributed by atoms with Crippen molar-refractivity contribution in [3.05, 3.63) is 47.1 Å².